The second-order valence-corrected chi connectivity index (χ2v) is 12.2. The molecule has 1 N–H and O–H groups in total. The molecule has 0 fully saturated rings. The van der Waals surface area contributed by atoms with E-state index in [4.69, 9.17) is 4.42 Å². The van der Waals surface area contributed by atoms with Crippen molar-refractivity contribution in [2.24, 2.45) is 0 Å². The molecule has 0 aliphatic heterocycles. The smallest absolute Gasteiger partial charge is 0.264 e. The number of nitrogens with zero attached hydrogens (tertiary/aromatic N) is 1. The molecule has 0 spiro atoms. The van der Waals surface area contributed by atoms with Crippen LogP contribution in [0.15, 0.2) is 76.2 Å². The molecule has 8 heteroatoms. The third-order valence-electron chi connectivity index (χ3n) is 4.89. The molecule has 166 valence electrons. The van der Waals surface area contributed by atoms with Gasteiger partial charge in [-0.05, 0) is 69.7 Å². The highest BCUT2D eigenvalue weighted by Gasteiger charge is 2.29. The molecule has 3 rings (SSSR count). The third-order valence-corrected chi connectivity index (χ3v) is 8.35. The van der Waals surface area contributed by atoms with Crippen LogP contribution in [0.1, 0.15) is 39.3 Å². The number of benzene rings is 2. The van der Waals surface area contributed by atoms with Gasteiger partial charge < -0.3 is 8.97 Å². The van der Waals surface area contributed by atoms with Crippen LogP contribution in [0, 0.1) is 0 Å². The molecular formula is C23H28N2O4S2. The van der Waals surface area contributed by atoms with E-state index in [0.29, 0.717) is 17.0 Å². The number of sulfonamides is 1. The number of furan rings is 1. The summed E-state index contributed by atoms with van der Waals surface area (Å²) in [6.45, 7) is 7.64. The van der Waals surface area contributed by atoms with E-state index >= 15 is 0 Å². The lowest BCUT2D eigenvalue weighted by atomic mass is 10.0. The van der Waals surface area contributed by atoms with Crippen molar-refractivity contribution >= 4 is 27.1 Å². The zero-order chi connectivity index (χ0) is 22.8. The topological polar surface area (TPSA) is 85.6 Å². The number of hydrogen-bond acceptors (Lipinski definition) is 5. The van der Waals surface area contributed by atoms with E-state index in [-0.39, 0.29) is 10.9 Å². The summed E-state index contributed by atoms with van der Waals surface area (Å²) in [5, 5.41) is 0. The molecule has 0 saturated heterocycles. The molecule has 0 aliphatic carbocycles. The van der Waals surface area contributed by atoms with E-state index in [0.717, 1.165) is 5.56 Å². The van der Waals surface area contributed by atoms with Gasteiger partial charge in [-0.25, -0.2) is 8.42 Å². The van der Waals surface area contributed by atoms with E-state index in [1.165, 1.54) is 11.4 Å². The summed E-state index contributed by atoms with van der Waals surface area (Å²) in [7, 11) is -2.22. The van der Waals surface area contributed by atoms with Crippen LogP contribution in [-0.2, 0) is 21.4 Å². The SMILES string of the molecule is CC(N[S+]([O-])C(C)(C)C)c1ccc(N(C)S(=O)(=O)c2ccccc2)c(-c2ccco2)c1. The van der Waals surface area contributed by atoms with Crippen LogP contribution in [0.3, 0.4) is 0 Å². The van der Waals surface area contributed by atoms with E-state index < -0.39 is 26.1 Å². The molecule has 31 heavy (non-hydrogen) atoms. The van der Waals surface area contributed by atoms with E-state index in [1.807, 2.05) is 39.8 Å². The first-order chi connectivity index (χ1) is 14.5. The summed E-state index contributed by atoms with van der Waals surface area (Å²) in [5.41, 5.74) is 2.00. The number of nitrogens with one attached hydrogen (secondary N) is 1. The van der Waals surface area contributed by atoms with Crippen LogP contribution >= 0.6 is 0 Å². The van der Waals surface area contributed by atoms with Gasteiger partial charge in [0.1, 0.15) is 10.5 Å². The van der Waals surface area contributed by atoms with Crippen molar-refractivity contribution < 1.29 is 17.4 Å². The van der Waals surface area contributed by atoms with Crippen LogP contribution in [0.4, 0.5) is 5.69 Å². The Morgan fingerprint density at radius 3 is 2.32 bits per heavy atom. The van der Waals surface area contributed by atoms with Crippen molar-refractivity contribution in [3.05, 3.63) is 72.5 Å². The number of rotatable bonds is 7. The van der Waals surface area contributed by atoms with Crippen molar-refractivity contribution in [3.8, 4) is 11.3 Å². The van der Waals surface area contributed by atoms with E-state index in [9.17, 15) is 13.0 Å². The quantitative estimate of drug-likeness (QED) is 0.508. The Hall–Kier alpha value is -2.26. The fourth-order valence-corrected chi connectivity index (χ4v) is 5.06. The highest BCUT2D eigenvalue weighted by Crippen LogP contribution is 2.36. The first-order valence-corrected chi connectivity index (χ1v) is 12.5. The molecule has 2 aromatic carbocycles. The average Bonchev–Trinajstić information content (AvgIpc) is 3.27. The van der Waals surface area contributed by atoms with Crippen molar-refractivity contribution in [3.63, 3.8) is 0 Å². The van der Waals surface area contributed by atoms with Crippen molar-refractivity contribution in [2.45, 2.75) is 43.4 Å². The van der Waals surface area contributed by atoms with E-state index in [1.54, 1.807) is 54.8 Å². The molecule has 3 aromatic rings. The van der Waals surface area contributed by atoms with E-state index in [2.05, 4.69) is 4.72 Å². The Bertz CT molecular complexity index is 1110. The monoisotopic (exact) mass is 460 g/mol. The Morgan fingerprint density at radius 1 is 1.06 bits per heavy atom. The van der Waals surface area contributed by atoms with Gasteiger partial charge in [-0.1, -0.05) is 24.3 Å². The lowest BCUT2D eigenvalue weighted by molar-refractivity contribution is 0.531. The van der Waals surface area contributed by atoms with Gasteiger partial charge in [0, 0.05) is 24.0 Å². The summed E-state index contributed by atoms with van der Waals surface area (Å²) in [5.74, 6) is 0.552. The van der Waals surface area contributed by atoms with Gasteiger partial charge in [-0.15, -0.1) is 4.72 Å². The van der Waals surface area contributed by atoms with Gasteiger partial charge in [0.05, 0.1) is 22.9 Å². The predicted molar refractivity (Wildman–Crippen MR) is 126 cm³/mol. The summed E-state index contributed by atoms with van der Waals surface area (Å²) in [6.07, 6.45) is 1.55. The Balaban J connectivity index is 2.02. The normalized spacial score (nSPS) is 14.3. The molecule has 0 saturated carbocycles. The zero-order valence-electron chi connectivity index (χ0n) is 18.3. The van der Waals surface area contributed by atoms with Gasteiger partial charge in [-0.3, -0.25) is 4.31 Å². The zero-order valence-corrected chi connectivity index (χ0v) is 20.0. The largest absolute Gasteiger partial charge is 0.598 e. The molecule has 0 radical (unpaired) electrons. The third kappa shape index (κ3) is 5.15. The first-order valence-electron chi connectivity index (χ1n) is 9.91. The molecule has 0 amide bonds. The summed E-state index contributed by atoms with van der Waals surface area (Å²) >= 11 is -1.24. The second-order valence-electron chi connectivity index (χ2n) is 8.26. The van der Waals surface area contributed by atoms with Gasteiger partial charge >= 0.3 is 0 Å². The van der Waals surface area contributed by atoms with Crippen molar-refractivity contribution in [1.29, 1.82) is 0 Å². The lowest BCUT2D eigenvalue weighted by Crippen LogP contribution is -2.40. The highest BCUT2D eigenvalue weighted by molar-refractivity contribution is 7.92. The lowest BCUT2D eigenvalue weighted by Gasteiger charge is -2.27. The predicted octanol–water partition coefficient (Wildman–Crippen LogP) is 4.88. The number of hydrogen-bond donors (Lipinski definition) is 1. The van der Waals surface area contributed by atoms with Gasteiger partial charge in [0.2, 0.25) is 0 Å². The van der Waals surface area contributed by atoms with Gasteiger partial charge in [0.15, 0.2) is 0 Å². The highest BCUT2D eigenvalue weighted by atomic mass is 32.2. The maximum Gasteiger partial charge on any atom is 0.264 e. The number of anilines is 1. The van der Waals surface area contributed by atoms with Gasteiger partial charge in [-0.2, -0.15) is 0 Å². The molecule has 0 aliphatic rings. The maximum absolute atomic E-state index is 13.2. The average molecular weight is 461 g/mol. The van der Waals surface area contributed by atoms with Crippen LogP contribution in [0.2, 0.25) is 0 Å². The van der Waals surface area contributed by atoms with Crippen LogP contribution in [0.25, 0.3) is 11.3 Å². The maximum atomic E-state index is 13.2. The van der Waals surface area contributed by atoms with Crippen molar-refractivity contribution in [1.82, 2.24) is 4.72 Å². The minimum Gasteiger partial charge on any atom is -0.598 e. The van der Waals surface area contributed by atoms with Crippen molar-refractivity contribution in [2.75, 3.05) is 11.4 Å². The first kappa shape index (κ1) is 23.4. The summed E-state index contributed by atoms with van der Waals surface area (Å²) < 4.78 is 48.4. The van der Waals surface area contributed by atoms with Crippen LogP contribution < -0.4 is 9.03 Å². The Morgan fingerprint density at radius 2 is 1.74 bits per heavy atom. The fraction of sp³-hybridized carbons (Fsp3) is 0.304. The molecule has 0 bridgehead atoms. The molecular weight excluding hydrogens is 432 g/mol. The molecule has 2 unspecified atom stereocenters. The Kier molecular flexibility index (Phi) is 6.85. The van der Waals surface area contributed by atoms with Crippen LogP contribution in [-0.4, -0.2) is 24.8 Å². The van der Waals surface area contributed by atoms with Crippen LogP contribution in [0.5, 0.6) is 0 Å². The molecule has 1 aromatic heterocycles. The fourth-order valence-electron chi connectivity index (χ4n) is 3.01. The Labute approximate surface area is 187 Å². The minimum atomic E-state index is -3.75. The molecule has 2 atom stereocenters. The summed E-state index contributed by atoms with van der Waals surface area (Å²) in [4.78, 5) is 0.211. The molecule has 6 nitrogen and oxygen atoms in total. The minimum absolute atomic E-state index is 0.209. The second kappa shape index (κ2) is 9.08. The van der Waals surface area contributed by atoms with Gasteiger partial charge in [0.25, 0.3) is 10.0 Å². The summed E-state index contributed by atoms with van der Waals surface area (Å²) in [6, 6.07) is 17.1. The standard InChI is InChI=1S/C23H28N2O4S2/c1-17(24-30(26)23(2,3)4)18-13-14-21(20(16-18)22-12-9-15-29-22)25(5)31(27,28)19-10-7-6-8-11-19/h6-17,24H,1-5H3. The molecule has 1 heterocycles.